The monoisotopic (exact) mass is 308 g/mol. The van der Waals surface area contributed by atoms with Gasteiger partial charge in [0.25, 0.3) is 0 Å². The SMILES string of the molecule is CCCCc1ccc(CCCCCCCCCC(=O)OC)o1. The number of aryl methyl sites for hydroxylation is 2. The fourth-order valence-electron chi connectivity index (χ4n) is 2.60. The highest BCUT2D eigenvalue weighted by Gasteiger charge is 2.02. The van der Waals surface area contributed by atoms with E-state index in [4.69, 9.17) is 4.42 Å². The summed E-state index contributed by atoms with van der Waals surface area (Å²) in [6.07, 6.45) is 13.5. The van der Waals surface area contributed by atoms with Crippen LogP contribution >= 0.6 is 0 Å². The number of ether oxygens (including phenoxy) is 1. The molecule has 1 rings (SSSR count). The van der Waals surface area contributed by atoms with Crippen LogP contribution < -0.4 is 0 Å². The Kier molecular flexibility index (Phi) is 10.5. The fraction of sp³-hybridized carbons (Fsp3) is 0.737. The predicted molar refractivity (Wildman–Crippen MR) is 90.0 cm³/mol. The van der Waals surface area contributed by atoms with Crippen molar-refractivity contribution >= 4 is 5.97 Å². The van der Waals surface area contributed by atoms with Crippen LogP contribution in [0, 0.1) is 0 Å². The van der Waals surface area contributed by atoms with E-state index in [9.17, 15) is 4.79 Å². The average molecular weight is 308 g/mol. The van der Waals surface area contributed by atoms with Crippen LogP contribution in [-0.2, 0) is 22.4 Å². The Morgan fingerprint density at radius 3 is 2.05 bits per heavy atom. The van der Waals surface area contributed by atoms with E-state index in [1.54, 1.807) is 0 Å². The van der Waals surface area contributed by atoms with Crippen LogP contribution in [0.3, 0.4) is 0 Å². The smallest absolute Gasteiger partial charge is 0.305 e. The molecule has 3 nitrogen and oxygen atoms in total. The number of unbranched alkanes of at least 4 members (excludes halogenated alkanes) is 7. The van der Waals surface area contributed by atoms with E-state index in [0.717, 1.165) is 37.2 Å². The zero-order valence-electron chi connectivity index (χ0n) is 14.4. The summed E-state index contributed by atoms with van der Waals surface area (Å²) in [5.41, 5.74) is 0. The summed E-state index contributed by atoms with van der Waals surface area (Å²) < 4.78 is 10.5. The zero-order chi connectivity index (χ0) is 16.0. The van der Waals surface area contributed by atoms with Gasteiger partial charge < -0.3 is 9.15 Å². The average Bonchev–Trinajstić information content (AvgIpc) is 2.98. The largest absolute Gasteiger partial charge is 0.469 e. The zero-order valence-corrected chi connectivity index (χ0v) is 14.4. The molecule has 1 aromatic heterocycles. The van der Waals surface area contributed by atoms with E-state index in [1.165, 1.54) is 52.1 Å². The van der Waals surface area contributed by atoms with Crippen LogP contribution in [0.25, 0.3) is 0 Å². The van der Waals surface area contributed by atoms with Gasteiger partial charge in [-0.25, -0.2) is 0 Å². The molecule has 126 valence electrons. The molecule has 22 heavy (non-hydrogen) atoms. The number of esters is 1. The van der Waals surface area contributed by atoms with Crippen molar-refractivity contribution < 1.29 is 13.9 Å². The van der Waals surface area contributed by atoms with E-state index in [0.29, 0.717) is 6.42 Å². The third-order valence-electron chi connectivity index (χ3n) is 4.03. The number of methoxy groups -OCH3 is 1. The quantitative estimate of drug-likeness (QED) is 0.359. The molecule has 0 spiro atoms. The lowest BCUT2D eigenvalue weighted by Gasteiger charge is -2.02. The van der Waals surface area contributed by atoms with Gasteiger partial charge >= 0.3 is 5.97 Å². The number of hydrogen-bond donors (Lipinski definition) is 0. The number of furan rings is 1. The van der Waals surface area contributed by atoms with Crippen molar-refractivity contribution in [3.8, 4) is 0 Å². The highest BCUT2D eigenvalue weighted by atomic mass is 16.5. The van der Waals surface area contributed by atoms with Crippen LogP contribution in [0.2, 0.25) is 0 Å². The molecule has 0 fully saturated rings. The van der Waals surface area contributed by atoms with E-state index >= 15 is 0 Å². The summed E-state index contributed by atoms with van der Waals surface area (Å²) in [4.78, 5) is 10.9. The summed E-state index contributed by atoms with van der Waals surface area (Å²) in [6.45, 7) is 2.21. The molecular weight excluding hydrogens is 276 g/mol. The second-order valence-electron chi connectivity index (χ2n) is 6.02. The van der Waals surface area contributed by atoms with Gasteiger partial charge in [0.1, 0.15) is 11.5 Å². The number of rotatable bonds is 13. The first kappa shape index (κ1) is 18.8. The van der Waals surface area contributed by atoms with Gasteiger partial charge in [-0.1, -0.05) is 45.4 Å². The highest BCUT2D eigenvalue weighted by Crippen LogP contribution is 2.15. The van der Waals surface area contributed by atoms with Crippen LogP contribution in [0.5, 0.6) is 0 Å². The molecule has 0 bridgehead atoms. The van der Waals surface area contributed by atoms with Gasteiger partial charge in [0.2, 0.25) is 0 Å². The first-order chi connectivity index (χ1) is 10.8. The second-order valence-corrected chi connectivity index (χ2v) is 6.02. The molecule has 0 aromatic carbocycles. The van der Waals surface area contributed by atoms with Crippen molar-refractivity contribution in [3.05, 3.63) is 23.7 Å². The van der Waals surface area contributed by atoms with Crippen molar-refractivity contribution in [1.82, 2.24) is 0 Å². The van der Waals surface area contributed by atoms with Gasteiger partial charge in [0.15, 0.2) is 0 Å². The molecule has 0 saturated carbocycles. The topological polar surface area (TPSA) is 39.4 Å². The molecule has 0 radical (unpaired) electrons. The Labute approximate surface area is 135 Å². The first-order valence-corrected chi connectivity index (χ1v) is 8.90. The molecule has 0 N–H and O–H groups in total. The third kappa shape index (κ3) is 8.91. The summed E-state index contributed by atoms with van der Waals surface area (Å²) in [6, 6.07) is 4.27. The molecule has 1 aromatic rings. The first-order valence-electron chi connectivity index (χ1n) is 8.90. The Morgan fingerprint density at radius 1 is 0.909 bits per heavy atom. The lowest BCUT2D eigenvalue weighted by Crippen LogP contribution is -1.99. The molecule has 0 unspecified atom stereocenters. The van der Waals surface area contributed by atoms with Crippen LogP contribution in [-0.4, -0.2) is 13.1 Å². The molecule has 0 saturated heterocycles. The van der Waals surface area contributed by atoms with E-state index in [1.807, 2.05) is 0 Å². The van der Waals surface area contributed by atoms with Crippen molar-refractivity contribution in [1.29, 1.82) is 0 Å². The predicted octanol–water partition coefficient (Wildman–Crippen LogP) is 5.46. The molecule has 0 aliphatic carbocycles. The molecule has 0 amide bonds. The van der Waals surface area contributed by atoms with Crippen molar-refractivity contribution in [3.63, 3.8) is 0 Å². The van der Waals surface area contributed by atoms with E-state index in [-0.39, 0.29) is 5.97 Å². The molecular formula is C19H32O3. The minimum absolute atomic E-state index is 0.0863. The normalized spacial score (nSPS) is 10.8. The highest BCUT2D eigenvalue weighted by molar-refractivity contribution is 5.68. The molecule has 0 aliphatic heterocycles. The Balaban J connectivity index is 1.93. The van der Waals surface area contributed by atoms with Gasteiger partial charge in [0, 0.05) is 19.3 Å². The van der Waals surface area contributed by atoms with Gasteiger partial charge in [-0.3, -0.25) is 4.79 Å². The molecule has 0 atom stereocenters. The fourth-order valence-corrected chi connectivity index (χ4v) is 2.60. The molecule has 1 heterocycles. The maximum absolute atomic E-state index is 10.9. The number of carbonyl (C=O) groups is 1. The maximum atomic E-state index is 10.9. The standard InChI is InChI=1S/C19H32O3/c1-3-4-12-17-15-16-18(22-17)13-10-8-6-5-7-9-11-14-19(20)21-2/h15-16H,3-14H2,1-2H3. The van der Waals surface area contributed by atoms with Crippen molar-refractivity contribution in [2.24, 2.45) is 0 Å². The Bertz CT molecular complexity index is 395. The summed E-state index contributed by atoms with van der Waals surface area (Å²) in [5.74, 6) is 2.20. The van der Waals surface area contributed by atoms with E-state index in [2.05, 4.69) is 23.8 Å². The minimum atomic E-state index is -0.0863. The second kappa shape index (κ2) is 12.3. The van der Waals surface area contributed by atoms with Crippen molar-refractivity contribution in [2.75, 3.05) is 7.11 Å². The number of hydrogen-bond acceptors (Lipinski definition) is 3. The summed E-state index contributed by atoms with van der Waals surface area (Å²) in [7, 11) is 1.45. The molecule has 3 heteroatoms. The van der Waals surface area contributed by atoms with Gasteiger partial charge in [0.05, 0.1) is 7.11 Å². The van der Waals surface area contributed by atoms with Crippen LogP contribution in [0.15, 0.2) is 16.5 Å². The maximum Gasteiger partial charge on any atom is 0.305 e. The molecule has 0 aliphatic rings. The van der Waals surface area contributed by atoms with Crippen molar-refractivity contribution in [2.45, 2.75) is 84.0 Å². The number of carbonyl (C=O) groups excluding carboxylic acids is 1. The Morgan fingerprint density at radius 2 is 1.45 bits per heavy atom. The minimum Gasteiger partial charge on any atom is -0.469 e. The van der Waals surface area contributed by atoms with E-state index < -0.39 is 0 Å². The lowest BCUT2D eigenvalue weighted by atomic mass is 10.1. The van der Waals surface area contributed by atoms with Crippen LogP contribution in [0.1, 0.15) is 82.7 Å². The van der Waals surface area contributed by atoms with Gasteiger partial charge in [-0.15, -0.1) is 0 Å². The third-order valence-corrected chi connectivity index (χ3v) is 4.03. The van der Waals surface area contributed by atoms with Crippen LogP contribution in [0.4, 0.5) is 0 Å². The van der Waals surface area contributed by atoms with Gasteiger partial charge in [-0.05, 0) is 31.4 Å². The Hall–Kier alpha value is -1.25. The van der Waals surface area contributed by atoms with Gasteiger partial charge in [-0.2, -0.15) is 0 Å². The summed E-state index contributed by atoms with van der Waals surface area (Å²) in [5, 5.41) is 0. The summed E-state index contributed by atoms with van der Waals surface area (Å²) >= 11 is 0. The lowest BCUT2D eigenvalue weighted by molar-refractivity contribution is -0.140.